The lowest BCUT2D eigenvalue weighted by Crippen LogP contribution is -2.40. The molecule has 0 saturated carbocycles. The van der Waals surface area contributed by atoms with Crippen molar-refractivity contribution in [3.05, 3.63) is 60.3 Å². The summed E-state index contributed by atoms with van der Waals surface area (Å²) in [7, 11) is 1.73. The van der Waals surface area contributed by atoms with E-state index in [0.717, 1.165) is 50.2 Å². The number of carbonyl (C=O) groups is 1. The Hall–Kier alpha value is -4.42. The average molecular weight is 544 g/mol. The molecule has 4 heterocycles. The van der Waals surface area contributed by atoms with Crippen LogP contribution in [0.5, 0.6) is 0 Å². The number of nitrogens with zero attached hydrogens (tertiary/aromatic N) is 6. The molecule has 1 amide bonds. The van der Waals surface area contributed by atoms with Gasteiger partial charge >= 0.3 is 0 Å². The Balaban J connectivity index is 1.31. The van der Waals surface area contributed by atoms with Crippen molar-refractivity contribution in [2.75, 3.05) is 49.3 Å². The third kappa shape index (κ3) is 6.41. The molecule has 0 aliphatic carbocycles. The molecule has 1 aromatic carbocycles. The second-order valence-electron chi connectivity index (χ2n) is 9.87. The van der Waals surface area contributed by atoms with E-state index in [1.165, 1.54) is 6.33 Å². The fraction of sp³-hybridized carbons (Fsp3) is 0.357. The Morgan fingerprint density at radius 2 is 2.02 bits per heavy atom. The number of benzene rings is 1. The molecule has 0 spiro atoms. The first-order valence-electron chi connectivity index (χ1n) is 13.2. The Kier molecular flexibility index (Phi) is 8.27. The first kappa shape index (κ1) is 27.2. The van der Waals surface area contributed by atoms with Gasteiger partial charge in [0.15, 0.2) is 17.4 Å². The molecule has 3 aromatic heterocycles. The Morgan fingerprint density at radius 1 is 1.20 bits per heavy atom. The lowest BCUT2D eigenvalue weighted by Gasteiger charge is -2.32. The van der Waals surface area contributed by atoms with E-state index in [1.807, 2.05) is 13.0 Å². The number of carbonyl (C=O) groups excluding carboxylic acids is 1. The number of likely N-dealkylation sites (tertiary alicyclic amines) is 1. The summed E-state index contributed by atoms with van der Waals surface area (Å²) in [6, 6.07) is 7.29. The van der Waals surface area contributed by atoms with Gasteiger partial charge in [0.05, 0.1) is 12.8 Å². The molecule has 0 atom stereocenters. The van der Waals surface area contributed by atoms with Crippen LogP contribution in [0, 0.1) is 6.92 Å². The van der Waals surface area contributed by atoms with Gasteiger partial charge in [0.2, 0.25) is 5.95 Å². The number of methoxy groups -OCH3 is 1. The maximum atomic E-state index is 12.9. The van der Waals surface area contributed by atoms with Crippen LogP contribution >= 0.6 is 0 Å². The topological polar surface area (TPSA) is 143 Å². The number of hydrogen-bond acceptors (Lipinski definition) is 11. The van der Waals surface area contributed by atoms with Crippen LogP contribution in [0.25, 0.3) is 16.6 Å². The normalized spacial score (nSPS) is 14.3. The molecule has 12 heteroatoms. The summed E-state index contributed by atoms with van der Waals surface area (Å²) in [6.07, 6.45) is 5.16. The Labute approximate surface area is 232 Å². The van der Waals surface area contributed by atoms with E-state index in [9.17, 15) is 4.79 Å². The van der Waals surface area contributed by atoms with E-state index < -0.39 is 0 Å². The lowest BCUT2D eigenvalue weighted by atomic mass is 10.1. The van der Waals surface area contributed by atoms with E-state index in [1.54, 1.807) is 38.4 Å². The van der Waals surface area contributed by atoms with Gasteiger partial charge in [-0.25, -0.2) is 19.9 Å². The van der Waals surface area contributed by atoms with Crippen molar-refractivity contribution < 1.29 is 14.1 Å². The fourth-order valence-corrected chi connectivity index (χ4v) is 4.47. The number of anilines is 4. The smallest absolute Gasteiger partial charge is 0.256 e. The standard InChI is InChI=1S/C28H33N9O3/c1-17(2)23-14-24(36-40-23)34-27(38)19-6-5-18(3)21(13-19)33-26-25-22(30-16-31-26)15-29-28(35-25)32-20-7-9-37(10-8-20)11-12-39-4/h5-6,13-16,20H,1,7-12H2,2-4H3,(H,29,32,35)(H,30,31,33)(H,34,36,38). The third-order valence-corrected chi connectivity index (χ3v) is 6.84. The first-order valence-corrected chi connectivity index (χ1v) is 13.2. The zero-order valence-electron chi connectivity index (χ0n) is 22.9. The van der Waals surface area contributed by atoms with Crippen LogP contribution in [0.15, 0.2) is 47.9 Å². The van der Waals surface area contributed by atoms with Crippen LogP contribution in [0.2, 0.25) is 0 Å². The van der Waals surface area contributed by atoms with Gasteiger partial charge in [-0.05, 0) is 50.0 Å². The van der Waals surface area contributed by atoms with E-state index in [2.05, 4.69) is 47.5 Å². The van der Waals surface area contributed by atoms with Gasteiger partial charge in [0.25, 0.3) is 5.91 Å². The van der Waals surface area contributed by atoms with Crippen LogP contribution < -0.4 is 16.0 Å². The van der Waals surface area contributed by atoms with Crippen LogP contribution in [0.3, 0.4) is 0 Å². The molecule has 12 nitrogen and oxygen atoms in total. The molecule has 0 bridgehead atoms. The minimum absolute atomic E-state index is 0.283. The van der Waals surface area contributed by atoms with Crippen molar-refractivity contribution in [2.24, 2.45) is 0 Å². The quantitative estimate of drug-likeness (QED) is 0.264. The largest absolute Gasteiger partial charge is 0.383 e. The first-order chi connectivity index (χ1) is 19.4. The average Bonchev–Trinajstić information content (AvgIpc) is 3.43. The molecular weight excluding hydrogens is 510 g/mol. The molecule has 208 valence electrons. The molecule has 0 radical (unpaired) electrons. The summed E-state index contributed by atoms with van der Waals surface area (Å²) < 4.78 is 10.4. The van der Waals surface area contributed by atoms with Crippen molar-refractivity contribution in [1.82, 2.24) is 30.0 Å². The molecule has 1 aliphatic rings. The molecule has 0 unspecified atom stereocenters. The monoisotopic (exact) mass is 543 g/mol. The second kappa shape index (κ2) is 12.2. The molecule has 3 N–H and O–H groups in total. The second-order valence-corrected chi connectivity index (χ2v) is 9.87. The van der Waals surface area contributed by atoms with Crippen LogP contribution in [-0.4, -0.2) is 75.3 Å². The molecule has 4 aromatic rings. The summed E-state index contributed by atoms with van der Waals surface area (Å²) in [5.41, 5.74) is 4.01. The molecule has 40 heavy (non-hydrogen) atoms. The van der Waals surface area contributed by atoms with Crippen LogP contribution in [0.1, 0.15) is 41.4 Å². The Bertz CT molecular complexity index is 1510. The van der Waals surface area contributed by atoms with E-state index >= 15 is 0 Å². The number of hydrogen-bond donors (Lipinski definition) is 3. The van der Waals surface area contributed by atoms with Gasteiger partial charge in [-0.2, -0.15) is 0 Å². The molecule has 1 saturated heterocycles. The van der Waals surface area contributed by atoms with Crippen LogP contribution in [-0.2, 0) is 4.74 Å². The van der Waals surface area contributed by atoms with Crippen molar-refractivity contribution >= 4 is 45.8 Å². The maximum Gasteiger partial charge on any atom is 0.256 e. The third-order valence-electron chi connectivity index (χ3n) is 6.84. The van der Waals surface area contributed by atoms with Crippen molar-refractivity contribution in [2.45, 2.75) is 32.7 Å². The van der Waals surface area contributed by atoms with E-state index in [4.69, 9.17) is 14.2 Å². The van der Waals surface area contributed by atoms with E-state index in [0.29, 0.717) is 45.6 Å². The highest BCUT2D eigenvalue weighted by Crippen LogP contribution is 2.26. The number of amides is 1. The number of nitrogens with one attached hydrogen (secondary N) is 3. The SMILES string of the molecule is C=C(C)c1cc(NC(=O)c2ccc(C)c(Nc3ncnc4cnc(NC5CCN(CCOC)CC5)nc34)c2)no1. The molecule has 1 fully saturated rings. The predicted molar refractivity (Wildman–Crippen MR) is 154 cm³/mol. The highest BCUT2D eigenvalue weighted by Gasteiger charge is 2.20. The van der Waals surface area contributed by atoms with Crippen molar-refractivity contribution in [1.29, 1.82) is 0 Å². The van der Waals surface area contributed by atoms with Gasteiger partial charge in [-0.3, -0.25) is 4.79 Å². The van der Waals surface area contributed by atoms with Gasteiger partial charge in [0, 0.05) is 50.1 Å². The number of aromatic nitrogens is 5. The van der Waals surface area contributed by atoms with Gasteiger partial charge in [-0.1, -0.05) is 17.8 Å². The number of piperidine rings is 1. The lowest BCUT2D eigenvalue weighted by molar-refractivity contribution is 0.102. The van der Waals surface area contributed by atoms with E-state index in [-0.39, 0.29) is 11.9 Å². The van der Waals surface area contributed by atoms with Crippen LogP contribution in [0.4, 0.5) is 23.3 Å². The van der Waals surface area contributed by atoms with Gasteiger partial charge in [-0.15, -0.1) is 0 Å². The zero-order chi connectivity index (χ0) is 28.1. The summed E-state index contributed by atoms with van der Waals surface area (Å²) in [5, 5.41) is 13.4. The number of ether oxygens (including phenoxy) is 1. The summed E-state index contributed by atoms with van der Waals surface area (Å²) in [4.78, 5) is 33.3. The minimum atomic E-state index is -0.320. The maximum absolute atomic E-state index is 12.9. The number of rotatable bonds is 10. The molecular formula is C28H33N9O3. The number of aryl methyl sites for hydroxylation is 1. The van der Waals surface area contributed by atoms with Crippen molar-refractivity contribution in [3.63, 3.8) is 0 Å². The number of fused-ring (bicyclic) bond motifs is 1. The van der Waals surface area contributed by atoms with Gasteiger partial charge in [0.1, 0.15) is 17.4 Å². The summed E-state index contributed by atoms with van der Waals surface area (Å²) in [6.45, 7) is 11.3. The fourth-order valence-electron chi connectivity index (χ4n) is 4.47. The molecule has 5 rings (SSSR count). The minimum Gasteiger partial charge on any atom is -0.383 e. The summed E-state index contributed by atoms with van der Waals surface area (Å²) >= 11 is 0. The van der Waals surface area contributed by atoms with Crippen molar-refractivity contribution in [3.8, 4) is 0 Å². The molecule has 1 aliphatic heterocycles. The highest BCUT2D eigenvalue weighted by molar-refractivity contribution is 6.04. The Morgan fingerprint density at radius 3 is 2.77 bits per heavy atom. The van der Waals surface area contributed by atoms with Gasteiger partial charge < -0.3 is 30.1 Å². The predicted octanol–water partition coefficient (Wildman–Crippen LogP) is 4.27. The number of allylic oxidation sites excluding steroid dienone is 1. The summed E-state index contributed by atoms with van der Waals surface area (Å²) in [5.74, 6) is 1.57. The zero-order valence-corrected chi connectivity index (χ0v) is 22.9. The highest BCUT2D eigenvalue weighted by atomic mass is 16.5.